The molecular formula is C14H20N2O4. The lowest BCUT2D eigenvalue weighted by Gasteiger charge is -2.14. The molecule has 6 heteroatoms. The Hall–Kier alpha value is -2.11. The molecule has 0 fully saturated rings. The Morgan fingerprint density at radius 2 is 2.15 bits per heavy atom. The third-order valence-corrected chi connectivity index (χ3v) is 3.18. The Bertz CT molecular complexity index is 462. The molecule has 1 unspecified atom stereocenters. The van der Waals surface area contributed by atoms with Crippen molar-refractivity contribution in [3.05, 3.63) is 24.0 Å². The van der Waals surface area contributed by atoms with Crippen LogP contribution in [0.15, 0.2) is 18.3 Å². The molecule has 3 N–H and O–H groups in total. The van der Waals surface area contributed by atoms with Crippen LogP contribution >= 0.6 is 0 Å². The summed E-state index contributed by atoms with van der Waals surface area (Å²) in [5.74, 6) is -1.10. The highest BCUT2D eigenvalue weighted by Crippen LogP contribution is 2.15. The van der Waals surface area contributed by atoms with Crippen LogP contribution in [0.2, 0.25) is 0 Å². The van der Waals surface area contributed by atoms with E-state index >= 15 is 0 Å². The van der Waals surface area contributed by atoms with Crippen LogP contribution in [0.1, 0.15) is 43.1 Å². The van der Waals surface area contributed by atoms with Gasteiger partial charge in [-0.3, -0.25) is 9.59 Å². The van der Waals surface area contributed by atoms with Crippen molar-refractivity contribution in [1.82, 2.24) is 10.3 Å². The number of hydrogen-bond donors (Lipinski definition) is 3. The molecule has 0 bridgehead atoms. The molecule has 0 saturated carbocycles. The lowest BCUT2D eigenvalue weighted by Crippen LogP contribution is -2.26. The minimum absolute atomic E-state index is 0.00563. The Balaban J connectivity index is 2.37. The highest BCUT2D eigenvalue weighted by atomic mass is 16.4. The van der Waals surface area contributed by atoms with Crippen molar-refractivity contribution in [2.45, 2.75) is 32.6 Å². The van der Waals surface area contributed by atoms with Crippen molar-refractivity contribution in [3.63, 3.8) is 0 Å². The second-order valence-corrected chi connectivity index (χ2v) is 4.62. The van der Waals surface area contributed by atoms with Gasteiger partial charge in [0.1, 0.15) is 5.75 Å². The molecule has 1 atom stereocenters. The molecule has 0 spiro atoms. The minimum atomic E-state index is -0.800. The van der Waals surface area contributed by atoms with E-state index in [1.54, 1.807) is 6.07 Å². The van der Waals surface area contributed by atoms with E-state index in [1.165, 1.54) is 12.3 Å². The Morgan fingerprint density at radius 1 is 1.40 bits per heavy atom. The standard InChI is InChI=1S/C14H20N2O4/c1-2-10(5-6-12(18)19)7-9-16-14(20)13-11(17)4-3-8-15-13/h3-4,8,10,17H,2,5-7,9H2,1H3,(H,16,20)(H,18,19). The molecule has 0 aliphatic rings. The Kier molecular flexibility index (Phi) is 6.49. The van der Waals surface area contributed by atoms with Crippen molar-refractivity contribution < 1.29 is 19.8 Å². The summed E-state index contributed by atoms with van der Waals surface area (Å²) in [6, 6.07) is 2.95. The molecule has 6 nitrogen and oxygen atoms in total. The summed E-state index contributed by atoms with van der Waals surface area (Å²) < 4.78 is 0. The number of carbonyl (C=O) groups is 2. The number of nitrogens with one attached hydrogen (secondary N) is 1. The van der Waals surface area contributed by atoms with Gasteiger partial charge in [-0.25, -0.2) is 4.98 Å². The highest BCUT2D eigenvalue weighted by molar-refractivity contribution is 5.94. The van der Waals surface area contributed by atoms with E-state index in [0.717, 1.165) is 6.42 Å². The van der Waals surface area contributed by atoms with Crippen molar-refractivity contribution in [1.29, 1.82) is 0 Å². The quantitative estimate of drug-likeness (QED) is 0.674. The van der Waals surface area contributed by atoms with Gasteiger partial charge in [0, 0.05) is 19.2 Å². The lowest BCUT2D eigenvalue weighted by molar-refractivity contribution is -0.137. The van der Waals surface area contributed by atoms with E-state index in [9.17, 15) is 14.7 Å². The molecule has 1 amide bonds. The molecule has 20 heavy (non-hydrogen) atoms. The second-order valence-electron chi connectivity index (χ2n) is 4.62. The molecule has 0 aliphatic carbocycles. The lowest BCUT2D eigenvalue weighted by atomic mass is 9.96. The minimum Gasteiger partial charge on any atom is -0.505 e. The fraction of sp³-hybridized carbons (Fsp3) is 0.500. The zero-order chi connectivity index (χ0) is 15.0. The average molecular weight is 280 g/mol. The zero-order valence-electron chi connectivity index (χ0n) is 11.5. The van der Waals surface area contributed by atoms with Crippen LogP contribution in [0.4, 0.5) is 0 Å². The molecule has 1 aromatic heterocycles. The molecule has 1 rings (SSSR count). The smallest absolute Gasteiger partial charge is 0.303 e. The van der Waals surface area contributed by atoms with Gasteiger partial charge in [0.25, 0.3) is 5.91 Å². The molecule has 0 aromatic carbocycles. The number of aromatic nitrogens is 1. The summed E-state index contributed by atoms with van der Waals surface area (Å²) in [6.45, 7) is 2.44. The molecule has 0 radical (unpaired) electrons. The number of carboxylic acids is 1. The largest absolute Gasteiger partial charge is 0.505 e. The summed E-state index contributed by atoms with van der Waals surface area (Å²) in [6.07, 6.45) is 3.78. The molecular weight excluding hydrogens is 260 g/mol. The van der Waals surface area contributed by atoms with Gasteiger partial charge >= 0.3 is 5.97 Å². The maximum absolute atomic E-state index is 11.8. The van der Waals surface area contributed by atoms with Crippen molar-refractivity contribution in [2.75, 3.05) is 6.54 Å². The Labute approximate surface area is 117 Å². The van der Waals surface area contributed by atoms with Crippen LogP contribution in [-0.4, -0.2) is 33.6 Å². The molecule has 1 aromatic rings. The van der Waals surface area contributed by atoms with Crippen molar-refractivity contribution >= 4 is 11.9 Å². The molecule has 0 aliphatic heterocycles. The van der Waals surface area contributed by atoms with Gasteiger partial charge < -0.3 is 15.5 Å². The van der Waals surface area contributed by atoms with Gasteiger partial charge in [-0.1, -0.05) is 13.3 Å². The SMILES string of the molecule is CCC(CCNC(=O)c1ncccc1O)CCC(=O)O. The van der Waals surface area contributed by atoms with Gasteiger partial charge in [0.15, 0.2) is 5.69 Å². The first-order chi connectivity index (χ1) is 9.54. The number of rotatable bonds is 8. The van der Waals surface area contributed by atoms with Crippen molar-refractivity contribution in [2.24, 2.45) is 5.92 Å². The van der Waals surface area contributed by atoms with Crippen LogP contribution in [0, 0.1) is 5.92 Å². The zero-order valence-corrected chi connectivity index (χ0v) is 11.5. The fourth-order valence-electron chi connectivity index (χ4n) is 1.93. The number of amides is 1. The summed E-state index contributed by atoms with van der Waals surface area (Å²) in [7, 11) is 0. The Morgan fingerprint density at radius 3 is 2.75 bits per heavy atom. The number of carbonyl (C=O) groups excluding carboxylic acids is 1. The van der Waals surface area contributed by atoms with E-state index in [0.29, 0.717) is 19.4 Å². The third-order valence-electron chi connectivity index (χ3n) is 3.18. The van der Waals surface area contributed by atoms with Gasteiger partial charge in [-0.2, -0.15) is 0 Å². The van der Waals surface area contributed by atoms with Gasteiger partial charge in [0.05, 0.1) is 0 Å². The fourth-order valence-corrected chi connectivity index (χ4v) is 1.93. The topological polar surface area (TPSA) is 99.5 Å². The van der Waals surface area contributed by atoms with Crippen LogP contribution < -0.4 is 5.32 Å². The summed E-state index contributed by atoms with van der Waals surface area (Å²) >= 11 is 0. The number of hydrogen-bond acceptors (Lipinski definition) is 4. The maximum atomic E-state index is 11.8. The monoisotopic (exact) mass is 280 g/mol. The summed E-state index contributed by atoms with van der Waals surface area (Å²) in [5, 5.41) is 20.8. The second kappa shape index (κ2) is 8.14. The molecule has 110 valence electrons. The van der Waals surface area contributed by atoms with E-state index in [4.69, 9.17) is 5.11 Å². The number of nitrogens with zero attached hydrogens (tertiary/aromatic N) is 1. The van der Waals surface area contributed by atoms with Crippen molar-refractivity contribution in [3.8, 4) is 5.75 Å². The maximum Gasteiger partial charge on any atom is 0.303 e. The van der Waals surface area contributed by atoms with E-state index in [2.05, 4.69) is 10.3 Å². The third kappa shape index (κ3) is 5.26. The predicted octanol–water partition coefficient (Wildman–Crippen LogP) is 1.80. The van der Waals surface area contributed by atoms with Gasteiger partial charge in [-0.05, 0) is 30.9 Å². The average Bonchev–Trinajstić information content (AvgIpc) is 2.42. The number of aliphatic carboxylic acids is 1. The number of aromatic hydroxyl groups is 1. The van der Waals surface area contributed by atoms with Crippen LogP contribution in [0.5, 0.6) is 5.75 Å². The van der Waals surface area contributed by atoms with Crippen LogP contribution in [0.25, 0.3) is 0 Å². The normalized spacial score (nSPS) is 11.8. The first-order valence-corrected chi connectivity index (χ1v) is 6.68. The van der Waals surface area contributed by atoms with E-state index < -0.39 is 11.9 Å². The van der Waals surface area contributed by atoms with E-state index in [-0.39, 0.29) is 23.8 Å². The molecule has 1 heterocycles. The van der Waals surface area contributed by atoms with Crippen LogP contribution in [-0.2, 0) is 4.79 Å². The highest BCUT2D eigenvalue weighted by Gasteiger charge is 2.13. The van der Waals surface area contributed by atoms with Gasteiger partial charge in [-0.15, -0.1) is 0 Å². The van der Waals surface area contributed by atoms with Gasteiger partial charge in [0.2, 0.25) is 0 Å². The molecule has 0 saturated heterocycles. The van der Waals surface area contributed by atoms with E-state index in [1.807, 2.05) is 6.92 Å². The first kappa shape index (κ1) is 15.9. The number of pyridine rings is 1. The summed E-state index contributed by atoms with van der Waals surface area (Å²) in [4.78, 5) is 26.1. The first-order valence-electron chi connectivity index (χ1n) is 6.68. The predicted molar refractivity (Wildman–Crippen MR) is 73.5 cm³/mol. The number of carboxylic acid groups (broad SMARTS) is 1. The summed E-state index contributed by atoms with van der Waals surface area (Å²) in [5.41, 5.74) is 0.00563. The van der Waals surface area contributed by atoms with Crippen LogP contribution in [0.3, 0.4) is 0 Å².